The van der Waals surface area contributed by atoms with E-state index in [0.717, 1.165) is 5.56 Å². The summed E-state index contributed by atoms with van der Waals surface area (Å²) in [6.07, 6.45) is -2.53. The van der Waals surface area contributed by atoms with Crippen molar-refractivity contribution < 1.29 is 33.6 Å². The molecule has 0 aromatic heterocycles. The number of hydrogen-bond acceptors (Lipinski definition) is 7. The summed E-state index contributed by atoms with van der Waals surface area (Å²) in [5, 5.41) is 0.313. The lowest BCUT2D eigenvalue weighted by Crippen LogP contribution is -2.37. The second-order valence-corrected chi connectivity index (χ2v) is 4.19. The van der Waals surface area contributed by atoms with E-state index >= 15 is 0 Å². The number of carbonyl (C=O) groups is 4. The van der Waals surface area contributed by atoms with Gasteiger partial charge in [0, 0.05) is 12.8 Å². The minimum absolute atomic E-state index is 0.0356. The summed E-state index contributed by atoms with van der Waals surface area (Å²) < 4.78 is 4.71. The van der Waals surface area contributed by atoms with Crippen LogP contribution in [0.15, 0.2) is 30.3 Å². The average Bonchev–Trinajstić information content (AvgIpc) is 2.84. The van der Waals surface area contributed by atoms with Crippen molar-refractivity contribution in [2.75, 3.05) is 0 Å². The molecule has 1 aromatic carbocycles. The molecule has 9 nitrogen and oxygen atoms in total. The van der Waals surface area contributed by atoms with Gasteiger partial charge in [-0.05, 0) is 5.56 Å². The van der Waals surface area contributed by atoms with E-state index in [1.807, 2.05) is 0 Å². The van der Waals surface area contributed by atoms with Crippen molar-refractivity contribution in [3.63, 3.8) is 0 Å². The van der Waals surface area contributed by atoms with Crippen LogP contribution in [0.4, 0.5) is 9.59 Å². The molecule has 0 atom stereocenters. The molecule has 0 unspecified atom stereocenters. The van der Waals surface area contributed by atoms with E-state index in [1.165, 1.54) is 0 Å². The van der Waals surface area contributed by atoms with Crippen LogP contribution in [0.2, 0.25) is 0 Å². The van der Waals surface area contributed by atoms with Gasteiger partial charge in [-0.15, -0.1) is 10.5 Å². The first-order valence-corrected chi connectivity index (χ1v) is 6.27. The molecule has 0 saturated carbocycles. The quantitative estimate of drug-likeness (QED) is 0.504. The van der Waals surface area contributed by atoms with E-state index < -0.39 is 24.1 Å². The van der Waals surface area contributed by atoms with E-state index in [4.69, 9.17) is 4.74 Å². The van der Waals surface area contributed by atoms with Gasteiger partial charge in [-0.3, -0.25) is 9.59 Å². The summed E-state index contributed by atoms with van der Waals surface area (Å²) in [5.74, 6) is -1.29. The topological polar surface area (TPSA) is 111 Å². The Morgan fingerprint density at radius 3 is 2.36 bits per heavy atom. The Bertz CT molecular complexity index is 571. The molecule has 0 spiro atoms. The number of nitrogens with zero attached hydrogens (tertiary/aromatic N) is 1. The molecular formula is C13H12N2O7. The summed E-state index contributed by atoms with van der Waals surface area (Å²) in [7, 11) is 0. The number of hydrogen-bond donors (Lipinski definition) is 1. The van der Waals surface area contributed by atoms with Crippen LogP contribution >= 0.6 is 0 Å². The van der Waals surface area contributed by atoms with E-state index in [1.54, 1.807) is 35.8 Å². The Balaban J connectivity index is 1.68. The number of benzene rings is 1. The Morgan fingerprint density at radius 2 is 1.73 bits per heavy atom. The summed E-state index contributed by atoms with van der Waals surface area (Å²) in [6.45, 7) is -0.0422. The van der Waals surface area contributed by atoms with Gasteiger partial charge in [0.15, 0.2) is 0 Å². The fourth-order valence-corrected chi connectivity index (χ4v) is 1.59. The molecule has 1 heterocycles. The predicted molar refractivity (Wildman–Crippen MR) is 68.4 cm³/mol. The molecule has 1 aliphatic rings. The van der Waals surface area contributed by atoms with Gasteiger partial charge in [0.25, 0.3) is 11.8 Å². The summed E-state index contributed by atoms with van der Waals surface area (Å²) >= 11 is 0. The van der Waals surface area contributed by atoms with Gasteiger partial charge < -0.3 is 14.4 Å². The molecule has 22 heavy (non-hydrogen) atoms. The van der Waals surface area contributed by atoms with Crippen molar-refractivity contribution in [3.8, 4) is 0 Å². The third-order valence-electron chi connectivity index (χ3n) is 2.60. The molecular weight excluding hydrogens is 296 g/mol. The molecule has 1 aromatic rings. The maximum atomic E-state index is 11.3. The lowest BCUT2D eigenvalue weighted by molar-refractivity contribution is -0.173. The minimum Gasteiger partial charge on any atom is -0.428 e. The molecule has 1 N–H and O–H groups in total. The fourth-order valence-electron chi connectivity index (χ4n) is 1.59. The normalized spacial score (nSPS) is 13.7. The molecule has 0 bridgehead atoms. The first-order chi connectivity index (χ1) is 10.6. The summed E-state index contributed by atoms with van der Waals surface area (Å²) in [6, 6.07) is 8.81. The SMILES string of the molecule is O=C(NOC(=O)OCc1ccccc1)ON1C(=O)CCC1=O. The minimum atomic E-state index is -1.29. The van der Waals surface area contributed by atoms with E-state index in [2.05, 4.69) is 9.68 Å². The highest BCUT2D eigenvalue weighted by Crippen LogP contribution is 2.11. The maximum absolute atomic E-state index is 11.3. The third-order valence-corrected chi connectivity index (χ3v) is 2.60. The van der Waals surface area contributed by atoms with Gasteiger partial charge in [0.1, 0.15) is 6.61 Å². The van der Waals surface area contributed by atoms with Gasteiger partial charge in [-0.25, -0.2) is 9.59 Å². The number of ether oxygens (including phenoxy) is 1. The van der Waals surface area contributed by atoms with Crippen LogP contribution in [0.3, 0.4) is 0 Å². The van der Waals surface area contributed by atoms with Crippen molar-refractivity contribution in [2.24, 2.45) is 0 Å². The van der Waals surface area contributed by atoms with Crippen LogP contribution in [0.1, 0.15) is 18.4 Å². The summed E-state index contributed by atoms with van der Waals surface area (Å²) in [5.41, 5.74) is 2.34. The largest absolute Gasteiger partial charge is 0.533 e. The predicted octanol–water partition coefficient (Wildman–Crippen LogP) is 1.04. The van der Waals surface area contributed by atoms with Gasteiger partial charge >= 0.3 is 12.2 Å². The highest BCUT2D eigenvalue weighted by molar-refractivity contribution is 6.01. The molecule has 1 aliphatic heterocycles. The second kappa shape index (κ2) is 7.07. The third kappa shape index (κ3) is 4.20. The van der Waals surface area contributed by atoms with Crippen molar-refractivity contribution in [1.29, 1.82) is 0 Å². The maximum Gasteiger partial charge on any atom is 0.533 e. The van der Waals surface area contributed by atoms with Gasteiger partial charge in [-0.1, -0.05) is 30.3 Å². The highest BCUT2D eigenvalue weighted by Gasteiger charge is 2.33. The number of rotatable bonds is 3. The Labute approximate surface area is 124 Å². The van der Waals surface area contributed by atoms with Crippen LogP contribution < -0.4 is 5.48 Å². The average molecular weight is 308 g/mol. The zero-order valence-corrected chi connectivity index (χ0v) is 11.3. The molecule has 1 saturated heterocycles. The highest BCUT2D eigenvalue weighted by atomic mass is 16.8. The zero-order valence-electron chi connectivity index (χ0n) is 11.3. The first kappa shape index (κ1) is 15.3. The standard InChI is InChI=1S/C13H12N2O7/c16-10-6-7-11(17)15(10)22-12(18)14-21-13(19)20-8-9-4-2-1-3-5-9/h1-5H,6-8H2,(H,14,18). The van der Waals surface area contributed by atoms with Crippen molar-refractivity contribution >= 4 is 24.1 Å². The Hall–Kier alpha value is -3.10. The van der Waals surface area contributed by atoms with Crippen LogP contribution in [0, 0.1) is 0 Å². The fraction of sp³-hybridized carbons (Fsp3) is 0.231. The Kier molecular flexibility index (Phi) is 4.91. The molecule has 116 valence electrons. The number of hydroxylamine groups is 3. The molecule has 2 rings (SSSR count). The van der Waals surface area contributed by atoms with Crippen molar-refractivity contribution in [2.45, 2.75) is 19.4 Å². The first-order valence-electron chi connectivity index (χ1n) is 6.27. The van der Waals surface area contributed by atoms with Crippen LogP contribution in [0.5, 0.6) is 0 Å². The van der Waals surface area contributed by atoms with E-state index in [-0.39, 0.29) is 19.4 Å². The molecule has 0 aliphatic carbocycles. The van der Waals surface area contributed by atoms with Crippen LogP contribution in [-0.2, 0) is 30.6 Å². The lowest BCUT2D eigenvalue weighted by atomic mass is 10.2. The number of carbonyl (C=O) groups excluding carboxylic acids is 4. The molecule has 0 radical (unpaired) electrons. The lowest BCUT2D eigenvalue weighted by Gasteiger charge is -2.12. The van der Waals surface area contributed by atoms with Gasteiger partial charge in [-0.2, -0.15) is 0 Å². The zero-order chi connectivity index (χ0) is 15.9. The number of amides is 3. The smallest absolute Gasteiger partial charge is 0.428 e. The molecule has 1 fully saturated rings. The van der Waals surface area contributed by atoms with E-state index in [0.29, 0.717) is 5.06 Å². The van der Waals surface area contributed by atoms with Gasteiger partial charge in [0.2, 0.25) is 0 Å². The second-order valence-electron chi connectivity index (χ2n) is 4.19. The molecule has 9 heteroatoms. The van der Waals surface area contributed by atoms with Crippen LogP contribution in [-0.4, -0.2) is 29.1 Å². The molecule has 3 amide bonds. The van der Waals surface area contributed by atoms with Gasteiger partial charge in [0.05, 0.1) is 0 Å². The Morgan fingerprint density at radius 1 is 1.09 bits per heavy atom. The van der Waals surface area contributed by atoms with Crippen molar-refractivity contribution in [1.82, 2.24) is 10.5 Å². The number of nitrogens with one attached hydrogen (secondary N) is 1. The number of imide groups is 1. The summed E-state index contributed by atoms with van der Waals surface area (Å²) in [4.78, 5) is 53.5. The monoisotopic (exact) mass is 308 g/mol. The van der Waals surface area contributed by atoms with E-state index in [9.17, 15) is 19.2 Å². The van der Waals surface area contributed by atoms with Crippen molar-refractivity contribution in [3.05, 3.63) is 35.9 Å². The van der Waals surface area contributed by atoms with Crippen LogP contribution in [0.25, 0.3) is 0 Å².